The number of nitrogens with one attached hydrogen (secondary N) is 1. The van der Waals surface area contributed by atoms with Gasteiger partial charge in [0.15, 0.2) is 5.84 Å². The number of carbonyl (C=O) groups excluding carboxylic acids is 1. The molecule has 0 atom stereocenters. The van der Waals surface area contributed by atoms with Crippen LogP contribution in [-0.2, 0) is 0 Å². The highest BCUT2D eigenvalue weighted by molar-refractivity contribution is 6.06. The van der Waals surface area contributed by atoms with Crippen molar-refractivity contribution in [3.05, 3.63) is 59.7 Å². The van der Waals surface area contributed by atoms with Crippen LogP contribution in [0.25, 0.3) is 0 Å². The Morgan fingerprint density at radius 2 is 1.90 bits per heavy atom. The molecule has 0 aliphatic rings. The number of oxime groups is 1. The molecular weight excluding hydrogens is 270 g/mol. The van der Waals surface area contributed by atoms with Gasteiger partial charge in [-0.05, 0) is 24.3 Å². The number of rotatable bonds is 4. The van der Waals surface area contributed by atoms with Crippen molar-refractivity contribution < 1.29 is 14.7 Å². The molecule has 2 rings (SSSR count). The summed E-state index contributed by atoms with van der Waals surface area (Å²) in [6.45, 7) is 0. The zero-order valence-corrected chi connectivity index (χ0v) is 11.4. The number of benzene rings is 2. The number of carbonyl (C=O) groups is 1. The molecule has 108 valence electrons. The molecule has 4 N–H and O–H groups in total. The Labute approximate surface area is 121 Å². The third kappa shape index (κ3) is 3.50. The number of nitrogens with two attached hydrogens (primary N) is 1. The summed E-state index contributed by atoms with van der Waals surface area (Å²) >= 11 is 0. The fraction of sp³-hybridized carbons (Fsp3) is 0.0667. The Balaban J connectivity index is 2.20. The van der Waals surface area contributed by atoms with Crippen molar-refractivity contribution >= 4 is 17.4 Å². The van der Waals surface area contributed by atoms with Gasteiger partial charge in [-0.3, -0.25) is 4.79 Å². The number of hydrogen-bond donors (Lipinski definition) is 3. The first-order valence-electron chi connectivity index (χ1n) is 6.17. The van der Waals surface area contributed by atoms with Gasteiger partial charge in [0.1, 0.15) is 5.75 Å². The van der Waals surface area contributed by atoms with E-state index in [1.165, 1.54) is 0 Å². The fourth-order valence-corrected chi connectivity index (χ4v) is 1.78. The van der Waals surface area contributed by atoms with E-state index < -0.39 is 0 Å². The van der Waals surface area contributed by atoms with E-state index >= 15 is 0 Å². The molecule has 21 heavy (non-hydrogen) atoms. The molecule has 0 saturated carbocycles. The van der Waals surface area contributed by atoms with Gasteiger partial charge in [-0.1, -0.05) is 23.4 Å². The number of anilines is 1. The molecular formula is C15H15N3O3. The third-order valence-electron chi connectivity index (χ3n) is 2.86. The number of hydrogen-bond acceptors (Lipinski definition) is 4. The van der Waals surface area contributed by atoms with Gasteiger partial charge in [0.2, 0.25) is 0 Å². The van der Waals surface area contributed by atoms with Gasteiger partial charge in [-0.2, -0.15) is 0 Å². The number of ether oxygens (including phenoxy) is 1. The molecule has 1 amide bonds. The highest BCUT2D eigenvalue weighted by atomic mass is 16.5. The Hall–Kier alpha value is -3.02. The number of amides is 1. The van der Waals surface area contributed by atoms with Gasteiger partial charge in [0.05, 0.1) is 7.11 Å². The fourth-order valence-electron chi connectivity index (χ4n) is 1.78. The van der Waals surface area contributed by atoms with E-state index in [4.69, 9.17) is 15.7 Å². The Bertz CT molecular complexity index is 683. The number of amidine groups is 1. The summed E-state index contributed by atoms with van der Waals surface area (Å²) in [6.07, 6.45) is 0. The molecule has 0 aliphatic carbocycles. The van der Waals surface area contributed by atoms with E-state index in [1.54, 1.807) is 55.6 Å². The molecule has 0 heterocycles. The molecule has 2 aromatic carbocycles. The second kappa shape index (κ2) is 6.42. The van der Waals surface area contributed by atoms with Crippen LogP contribution in [0.4, 0.5) is 5.69 Å². The molecule has 2 aromatic rings. The van der Waals surface area contributed by atoms with Crippen LogP contribution in [0.1, 0.15) is 15.9 Å². The summed E-state index contributed by atoms with van der Waals surface area (Å²) in [5.41, 5.74) is 7.00. The van der Waals surface area contributed by atoms with E-state index in [9.17, 15) is 4.79 Å². The van der Waals surface area contributed by atoms with Gasteiger partial charge in [-0.25, -0.2) is 0 Å². The van der Waals surface area contributed by atoms with E-state index in [0.29, 0.717) is 22.6 Å². The van der Waals surface area contributed by atoms with Crippen molar-refractivity contribution in [2.45, 2.75) is 0 Å². The molecule has 0 aliphatic heterocycles. The lowest BCUT2D eigenvalue weighted by Crippen LogP contribution is -2.16. The minimum Gasteiger partial charge on any atom is -0.497 e. The first-order chi connectivity index (χ1) is 10.1. The summed E-state index contributed by atoms with van der Waals surface area (Å²) in [4.78, 5) is 12.2. The third-order valence-corrected chi connectivity index (χ3v) is 2.86. The lowest BCUT2D eigenvalue weighted by atomic mass is 10.1. The molecule has 0 fully saturated rings. The molecule has 0 unspecified atom stereocenters. The van der Waals surface area contributed by atoms with Gasteiger partial charge >= 0.3 is 0 Å². The van der Waals surface area contributed by atoms with Crippen molar-refractivity contribution in [1.82, 2.24) is 0 Å². The quantitative estimate of drug-likeness (QED) is 0.346. The lowest BCUT2D eigenvalue weighted by Gasteiger charge is -2.08. The predicted octanol–water partition coefficient (Wildman–Crippen LogP) is 2.04. The van der Waals surface area contributed by atoms with Crippen molar-refractivity contribution in [3.63, 3.8) is 0 Å². The maximum Gasteiger partial charge on any atom is 0.255 e. The minimum absolute atomic E-state index is 0.0500. The van der Waals surface area contributed by atoms with Crippen LogP contribution < -0.4 is 15.8 Å². The molecule has 0 spiro atoms. The SMILES string of the molecule is COc1cccc(NC(=O)c2cccc(/C(N)=N/O)c2)c1. The van der Waals surface area contributed by atoms with E-state index in [0.717, 1.165) is 0 Å². The first-order valence-corrected chi connectivity index (χ1v) is 6.17. The molecule has 0 aromatic heterocycles. The highest BCUT2D eigenvalue weighted by Crippen LogP contribution is 2.17. The van der Waals surface area contributed by atoms with Crippen LogP contribution in [0.5, 0.6) is 5.75 Å². The van der Waals surface area contributed by atoms with E-state index in [2.05, 4.69) is 10.5 Å². The minimum atomic E-state index is -0.296. The van der Waals surface area contributed by atoms with Crippen molar-refractivity contribution in [3.8, 4) is 5.75 Å². The average molecular weight is 285 g/mol. The number of nitrogens with zero attached hydrogens (tertiary/aromatic N) is 1. The van der Waals surface area contributed by atoms with Gasteiger partial charge in [-0.15, -0.1) is 0 Å². The smallest absolute Gasteiger partial charge is 0.255 e. The summed E-state index contributed by atoms with van der Waals surface area (Å²) < 4.78 is 5.10. The van der Waals surface area contributed by atoms with Gasteiger partial charge in [0, 0.05) is 22.9 Å². The van der Waals surface area contributed by atoms with Crippen LogP contribution in [-0.4, -0.2) is 24.1 Å². The Kier molecular flexibility index (Phi) is 4.40. The van der Waals surface area contributed by atoms with E-state index in [1.807, 2.05) is 0 Å². The van der Waals surface area contributed by atoms with Crippen LogP contribution in [0.2, 0.25) is 0 Å². The van der Waals surface area contributed by atoms with Crippen LogP contribution in [0, 0.1) is 0 Å². The average Bonchev–Trinajstić information content (AvgIpc) is 2.54. The highest BCUT2D eigenvalue weighted by Gasteiger charge is 2.09. The maximum atomic E-state index is 12.2. The molecule has 6 nitrogen and oxygen atoms in total. The van der Waals surface area contributed by atoms with Crippen molar-refractivity contribution in [2.24, 2.45) is 10.9 Å². The summed E-state index contributed by atoms with van der Waals surface area (Å²) in [5, 5.41) is 14.3. The Morgan fingerprint density at radius 1 is 1.19 bits per heavy atom. The Morgan fingerprint density at radius 3 is 2.62 bits per heavy atom. The van der Waals surface area contributed by atoms with Crippen LogP contribution in [0.3, 0.4) is 0 Å². The topological polar surface area (TPSA) is 96.9 Å². The van der Waals surface area contributed by atoms with Gasteiger partial charge in [0.25, 0.3) is 5.91 Å². The van der Waals surface area contributed by atoms with E-state index in [-0.39, 0.29) is 11.7 Å². The second-order valence-corrected chi connectivity index (χ2v) is 4.25. The maximum absolute atomic E-state index is 12.2. The second-order valence-electron chi connectivity index (χ2n) is 4.25. The summed E-state index contributed by atoms with van der Waals surface area (Å²) in [5.74, 6) is 0.306. The molecule has 0 bridgehead atoms. The monoisotopic (exact) mass is 285 g/mol. The normalized spacial score (nSPS) is 11.0. The first kappa shape index (κ1) is 14.4. The number of methoxy groups -OCH3 is 1. The summed E-state index contributed by atoms with van der Waals surface area (Å²) in [7, 11) is 1.56. The zero-order chi connectivity index (χ0) is 15.2. The van der Waals surface area contributed by atoms with Crippen molar-refractivity contribution in [1.29, 1.82) is 0 Å². The molecule has 0 radical (unpaired) electrons. The molecule has 6 heteroatoms. The van der Waals surface area contributed by atoms with Crippen LogP contribution in [0.15, 0.2) is 53.7 Å². The zero-order valence-electron chi connectivity index (χ0n) is 11.4. The standard InChI is InChI=1S/C15H15N3O3/c1-21-13-7-3-6-12(9-13)17-15(19)11-5-2-4-10(8-11)14(16)18-20/h2-9,20H,1H3,(H2,16,18)(H,17,19). The van der Waals surface area contributed by atoms with Crippen molar-refractivity contribution in [2.75, 3.05) is 12.4 Å². The predicted molar refractivity (Wildman–Crippen MR) is 79.9 cm³/mol. The lowest BCUT2D eigenvalue weighted by molar-refractivity contribution is 0.102. The summed E-state index contributed by atoms with van der Waals surface area (Å²) in [6, 6.07) is 13.5. The largest absolute Gasteiger partial charge is 0.497 e. The molecule has 0 saturated heterocycles. The van der Waals surface area contributed by atoms with Gasteiger partial charge < -0.3 is 21.0 Å². The van der Waals surface area contributed by atoms with Crippen LogP contribution >= 0.6 is 0 Å².